The van der Waals surface area contributed by atoms with Crippen molar-refractivity contribution >= 4 is 27.3 Å². The standard InChI is InChI=1S/C19H20N6O4S/c1-14-7-9-16(10-8-14)30(28,29)24-23-19-17(25(26)27)18(21-13-22-19)20-12-11-15-5-3-2-4-6-15/h2-10,13,24H,11-12H2,1H3,(H2,20,21,22,23). The lowest BCUT2D eigenvalue weighted by molar-refractivity contribution is -0.383. The summed E-state index contributed by atoms with van der Waals surface area (Å²) in [5.74, 6) is -0.282. The quantitative estimate of drug-likeness (QED) is 0.349. The maximum Gasteiger partial charge on any atom is 0.354 e. The summed E-state index contributed by atoms with van der Waals surface area (Å²) in [6.07, 6.45) is 1.74. The van der Waals surface area contributed by atoms with E-state index in [4.69, 9.17) is 0 Å². The van der Waals surface area contributed by atoms with Crippen LogP contribution in [-0.2, 0) is 16.4 Å². The summed E-state index contributed by atoms with van der Waals surface area (Å²) in [5.41, 5.74) is 3.83. The Morgan fingerprint density at radius 3 is 2.33 bits per heavy atom. The summed E-state index contributed by atoms with van der Waals surface area (Å²) in [7, 11) is -3.95. The second-order valence-electron chi connectivity index (χ2n) is 6.38. The number of nitrogens with one attached hydrogen (secondary N) is 3. The SMILES string of the molecule is Cc1ccc(S(=O)(=O)NNc2ncnc(NCCc3ccccc3)c2[N+](=O)[O-])cc1. The van der Waals surface area contributed by atoms with Gasteiger partial charge >= 0.3 is 5.69 Å². The predicted molar refractivity (Wildman–Crippen MR) is 112 cm³/mol. The van der Waals surface area contributed by atoms with E-state index in [9.17, 15) is 18.5 Å². The Hall–Kier alpha value is -3.57. The Balaban J connectivity index is 1.73. The van der Waals surface area contributed by atoms with Crippen LogP contribution in [0.3, 0.4) is 0 Å². The number of hydrogen-bond acceptors (Lipinski definition) is 8. The second-order valence-corrected chi connectivity index (χ2v) is 8.06. The summed E-state index contributed by atoms with van der Waals surface area (Å²) >= 11 is 0. The molecule has 1 aromatic heterocycles. The third kappa shape index (κ3) is 5.27. The van der Waals surface area contributed by atoms with Crippen molar-refractivity contribution in [3.63, 3.8) is 0 Å². The molecule has 3 N–H and O–H groups in total. The predicted octanol–water partition coefficient (Wildman–Crippen LogP) is 2.65. The van der Waals surface area contributed by atoms with E-state index in [1.807, 2.05) is 37.3 Å². The summed E-state index contributed by atoms with van der Waals surface area (Å²) in [4.78, 5) is 20.8. The topological polar surface area (TPSA) is 139 Å². The molecular formula is C19H20N6O4S. The Bertz CT molecular complexity index is 1120. The molecule has 0 atom stereocenters. The number of nitrogens with zero attached hydrogens (tertiary/aromatic N) is 3. The maximum atomic E-state index is 12.4. The van der Waals surface area contributed by atoms with Gasteiger partial charge in [0.2, 0.25) is 11.6 Å². The normalized spacial score (nSPS) is 11.1. The number of anilines is 2. The van der Waals surface area contributed by atoms with Gasteiger partial charge in [-0.25, -0.2) is 18.4 Å². The molecule has 30 heavy (non-hydrogen) atoms. The highest BCUT2D eigenvalue weighted by Gasteiger charge is 2.24. The van der Waals surface area contributed by atoms with E-state index in [-0.39, 0.29) is 16.5 Å². The molecule has 1 heterocycles. The van der Waals surface area contributed by atoms with Crippen molar-refractivity contribution < 1.29 is 13.3 Å². The first-order valence-electron chi connectivity index (χ1n) is 8.98. The van der Waals surface area contributed by atoms with Crippen LogP contribution in [-0.4, -0.2) is 29.9 Å². The van der Waals surface area contributed by atoms with Gasteiger partial charge in [-0.15, -0.1) is 4.83 Å². The fraction of sp³-hybridized carbons (Fsp3) is 0.158. The second kappa shape index (κ2) is 9.29. The molecule has 0 amide bonds. The summed E-state index contributed by atoms with van der Waals surface area (Å²) in [5, 5.41) is 14.5. The highest BCUT2D eigenvalue weighted by Crippen LogP contribution is 2.28. The van der Waals surface area contributed by atoms with E-state index >= 15 is 0 Å². The highest BCUT2D eigenvalue weighted by molar-refractivity contribution is 7.89. The minimum atomic E-state index is -3.95. The van der Waals surface area contributed by atoms with Crippen LogP contribution in [0.25, 0.3) is 0 Å². The number of benzene rings is 2. The molecule has 0 bridgehead atoms. The van der Waals surface area contributed by atoms with Crippen LogP contribution in [0.2, 0.25) is 0 Å². The van der Waals surface area contributed by atoms with Gasteiger partial charge in [0.1, 0.15) is 6.33 Å². The van der Waals surface area contributed by atoms with Crippen LogP contribution in [0.15, 0.2) is 65.8 Å². The van der Waals surface area contributed by atoms with Crippen molar-refractivity contribution in [2.24, 2.45) is 0 Å². The van der Waals surface area contributed by atoms with Crippen molar-refractivity contribution in [2.45, 2.75) is 18.2 Å². The fourth-order valence-corrected chi connectivity index (χ4v) is 3.48. The first-order valence-corrected chi connectivity index (χ1v) is 10.5. The zero-order valence-electron chi connectivity index (χ0n) is 16.1. The van der Waals surface area contributed by atoms with Crippen molar-refractivity contribution in [1.82, 2.24) is 14.8 Å². The van der Waals surface area contributed by atoms with Crippen LogP contribution in [0.5, 0.6) is 0 Å². The maximum absolute atomic E-state index is 12.4. The van der Waals surface area contributed by atoms with Crippen LogP contribution >= 0.6 is 0 Å². The van der Waals surface area contributed by atoms with Gasteiger partial charge in [-0.05, 0) is 31.0 Å². The average Bonchev–Trinajstić information content (AvgIpc) is 2.73. The van der Waals surface area contributed by atoms with Crippen molar-refractivity contribution in [3.8, 4) is 0 Å². The van der Waals surface area contributed by atoms with Gasteiger partial charge in [0.05, 0.1) is 9.82 Å². The molecule has 11 heteroatoms. The fourth-order valence-electron chi connectivity index (χ4n) is 2.63. The summed E-state index contributed by atoms with van der Waals surface area (Å²) < 4.78 is 24.8. The third-order valence-corrected chi connectivity index (χ3v) is 5.45. The molecule has 10 nitrogen and oxygen atoms in total. The molecule has 2 aromatic carbocycles. The van der Waals surface area contributed by atoms with Crippen LogP contribution < -0.4 is 15.6 Å². The Labute approximate surface area is 173 Å². The van der Waals surface area contributed by atoms with Crippen LogP contribution in [0, 0.1) is 17.0 Å². The van der Waals surface area contributed by atoms with Gasteiger partial charge in [-0.1, -0.05) is 48.0 Å². The zero-order valence-corrected chi connectivity index (χ0v) is 16.9. The molecule has 0 spiro atoms. The Morgan fingerprint density at radius 2 is 1.67 bits per heavy atom. The molecular weight excluding hydrogens is 408 g/mol. The van der Waals surface area contributed by atoms with Crippen molar-refractivity contribution in [1.29, 1.82) is 0 Å². The molecule has 3 aromatic rings. The molecule has 3 rings (SSSR count). The number of sulfonamides is 1. The molecule has 0 unspecified atom stereocenters. The zero-order chi connectivity index (χ0) is 21.6. The largest absolute Gasteiger partial charge is 0.364 e. The molecule has 156 valence electrons. The molecule has 0 aliphatic carbocycles. The number of aryl methyl sites for hydroxylation is 1. The minimum absolute atomic E-state index is 0.0111. The van der Waals surface area contributed by atoms with Gasteiger partial charge in [-0.3, -0.25) is 15.5 Å². The van der Waals surface area contributed by atoms with Crippen molar-refractivity contribution in [2.75, 3.05) is 17.3 Å². The number of hydrazine groups is 1. The number of nitro groups is 1. The van der Waals surface area contributed by atoms with Crippen LogP contribution in [0.1, 0.15) is 11.1 Å². The van der Waals surface area contributed by atoms with E-state index in [0.29, 0.717) is 13.0 Å². The lowest BCUT2D eigenvalue weighted by Gasteiger charge is -2.11. The molecule has 0 saturated carbocycles. The smallest absolute Gasteiger partial charge is 0.354 e. The van der Waals surface area contributed by atoms with Crippen molar-refractivity contribution in [3.05, 3.63) is 82.2 Å². The lowest BCUT2D eigenvalue weighted by atomic mass is 10.1. The molecule has 0 saturated heterocycles. The minimum Gasteiger partial charge on any atom is -0.364 e. The number of rotatable bonds is 9. The lowest BCUT2D eigenvalue weighted by Crippen LogP contribution is -2.30. The van der Waals surface area contributed by atoms with Gasteiger partial charge in [0.25, 0.3) is 10.0 Å². The molecule has 0 aliphatic heterocycles. The first kappa shape index (κ1) is 21.1. The number of aromatic nitrogens is 2. The molecule has 0 fully saturated rings. The Morgan fingerprint density at radius 1 is 1.00 bits per heavy atom. The first-order chi connectivity index (χ1) is 14.4. The van der Waals surface area contributed by atoms with Crippen LogP contribution in [0.4, 0.5) is 17.3 Å². The van der Waals surface area contributed by atoms with Gasteiger partial charge in [-0.2, -0.15) is 0 Å². The van der Waals surface area contributed by atoms with E-state index < -0.39 is 20.6 Å². The van der Waals surface area contributed by atoms with Gasteiger partial charge in [0.15, 0.2) is 0 Å². The molecule has 0 radical (unpaired) electrons. The monoisotopic (exact) mass is 428 g/mol. The number of hydrogen-bond donors (Lipinski definition) is 3. The summed E-state index contributed by atoms with van der Waals surface area (Å²) in [6.45, 7) is 2.23. The average molecular weight is 428 g/mol. The van der Waals surface area contributed by atoms with E-state index in [1.165, 1.54) is 12.1 Å². The van der Waals surface area contributed by atoms with E-state index in [0.717, 1.165) is 17.5 Å². The van der Waals surface area contributed by atoms with Gasteiger partial charge in [0, 0.05) is 6.54 Å². The van der Waals surface area contributed by atoms with E-state index in [2.05, 4.69) is 25.5 Å². The molecule has 0 aliphatic rings. The highest BCUT2D eigenvalue weighted by atomic mass is 32.2. The summed E-state index contributed by atoms with van der Waals surface area (Å²) in [6, 6.07) is 15.8. The third-order valence-electron chi connectivity index (χ3n) is 4.19. The van der Waals surface area contributed by atoms with Gasteiger partial charge < -0.3 is 5.32 Å². The Kier molecular flexibility index (Phi) is 6.54. The van der Waals surface area contributed by atoms with E-state index in [1.54, 1.807) is 12.1 Å².